The minimum atomic E-state index is -4.40. The number of halogens is 3. The highest BCUT2D eigenvalue weighted by Crippen LogP contribution is 2.38. The van der Waals surface area contributed by atoms with E-state index in [1.807, 2.05) is 0 Å². The lowest BCUT2D eigenvalue weighted by molar-refractivity contribution is -0.149. The molecule has 2 aliphatic rings. The molecule has 0 bridgehead atoms. The average Bonchev–Trinajstić information content (AvgIpc) is 2.72. The van der Waals surface area contributed by atoms with Crippen molar-refractivity contribution in [3.05, 3.63) is 11.6 Å². The minimum Gasteiger partial charge on any atom is -0.316 e. The zero-order chi connectivity index (χ0) is 12.0. The van der Waals surface area contributed by atoms with Crippen molar-refractivity contribution in [3.63, 3.8) is 0 Å². The van der Waals surface area contributed by atoms with Crippen LogP contribution >= 0.6 is 0 Å². The Balaban J connectivity index is 2.04. The standard InChI is InChI=1S/C10H13F3N4/c11-10(12,13)9-16-15-8-2-1-6-5-14-4-3-7(6)17(8)9/h6-7,14H,1-5H2/t6-,7+/m1/s1. The van der Waals surface area contributed by atoms with Crippen LogP contribution in [0.2, 0.25) is 0 Å². The Bertz CT molecular complexity index is 426. The zero-order valence-corrected chi connectivity index (χ0v) is 9.17. The summed E-state index contributed by atoms with van der Waals surface area (Å²) in [4.78, 5) is 0. The van der Waals surface area contributed by atoms with Gasteiger partial charge >= 0.3 is 6.18 Å². The number of piperidine rings is 1. The highest BCUT2D eigenvalue weighted by Gasteiger charge is 2.43. The molecule has 17 heavy (non-hydrogen) atoms. The highest BCUT2D eigenvalue weighted by atomic mass is 19.4. The second-order valence-corrected chi connectivity index (χ2v) is 4.67. The molecule has 1 aromatic heterocycles. The molecule has 3 rings (SSSR count). The molecule has 1 saturated heterocycles. The van der Waals surface area contributed by atoms with Crippen LogP contribution in [0.25, 0.3) is 0 Å². The predicted molar refractivity (Wildman–Crippen MR) is 53.4 cm³/mol. The summed E-state index contributed by atoms with van der Waals surface area (Å²) in [6, 6.07) is -0.0911. The van der Waals surface area contributed by atoms with Gasteiger partial charge < -0.3 is 9.88 Å². The number of nitrogens with one attached hydrogen (secondary N) is 1. The van der Waals surface area contributed by atoms with Crippen molar-refractivity contribution in [2.45, 2.75) is 31.5 Å². The quantitative estimate of drug-likeness (QED) is 0.752. The predicted octanol–water partition coefficient (Wildman–Crippen LogP) is 1.39. The molecular weight excluding hydrogens is 233 g/mol. The van der Waals surface area contributed by atoms with Gasteiger partial charge in [0.25, 0.3) is 0 Å². The Kier molecular flexibility index (Phi) is 2.39. The molecule has 0 spiro atoms. The second-order valence-electron chi connectivity index (χ2n) is 4.67. The van der Waals surface area contributed by atoms with Gasteiger partial charge in [-0.3, -0.25) is 0 Å². The van der Waals surface area contributed by atoms with Crippen LogP contribution in [0.3, 0.4) is 0 Å². The maximum Gasteiger partial charge on any atom is 0.451 e. The Hall–Kier alpha value is -1.11. The number of fused-ring (bicyclic) bond motifs is 3. The van der Waals surface area contributed by atoms with Gasteiger partial charge in [0.15, 0.2) is 0 Å². The van der Waals surface area contributed by atoms with Crippen molar-refractivity contribution in [1.29, 1.82) is 0 Å². The number of rotatable bonds is 0. The summed E-state index contributed by atoms with van der Waals surface area (Å²) in [5.74, 6) is -0.0714. The van der Waals surface area contributed by atoms with Gasteiger partial charge in [0.1, 0.15) is 5.82 Å². The molecule has 1 aromatic rings. The molecule has 4 nitrogen and oxygen atoms in total. The van der Waals surface area contributed by atoms with Gasteiger partial charge in [0.05, 0.1) is 0 Å². The van der Waals surface area contributed by atoms with Gasteiger partial charge in [-0.2, -0.15) is 13.2 Å². The molecule has 1 N–H and O–H groups in total. The van der Waals surface area contributed by atoms with Crippen LogP contribution < -0.4 is 5.32 Å². The molecule has 0 unspecified atom stereocenters. The molecule has 1 fully saturated rings. The number of hydrogen-bond donors (Lipinski definition) is 1. The molecule has 2 atom stereocenters. The monoisotopic (exact) mass is 246 g/mol. The molecule has 94 valence electrons. The molecule has 0 aromatic carbocycles. The first kappa shape index (κ1) is 11.0. The third-order valence-electron chi connectivity index (χ3n) is 3.66. The summed E-state index contributed by atoms with van der Waals surface area (Å²) >= 11 is 0. The topological polar surface area (TPSA) is 42.7 Å². The van der Waals surface area contributed by atoms with Crippen molar-refractivity contribution in [2.75, 3.05) is 13.1 Å². The average molecular weight is 246 g/mol. The van der Waals surface area contributed by atoms with E-state index in [2.05, 4.69) is 15.5 Å². The van der Waals surface area contributed by atoms with Gasteiger partial charge in [-0.05, 0) is 31.8 Å². The zero-order valence-electron chi connectivity index (χ0n) is 9.17. The molecule has 0 saturated carbocycles. The highest BCUT2D eigenvalue weighted by molar-refractivity contribution is 5.08. The number of nitrogens with zero attached hydrogens (tertiary/aromatic N) is 3. The van der Waals surface area contributed by atoms with Gasteiger partial charge in [0.2, 0.25) is 5.82 Å². The van der Waals surface area contributed by atoms with E-state index in [0.29, 0.717) is 12.2 Å². The van der Waals surface area contributed by atoms with Gasteiger partial charge in [0, 0.05) is 12.5 Å². The molecule has 0 radical (unpaired) electrons. The second kappa shape index (κ2) is 3.69. The Morgan fingerprint density at radius 3 is 2.82 bits per heavy atom. The van der Waals surface area contributed by atoms with Crippen molar-refractivity contribution in [2.24, 2.45) is 5.92 Å². The summed E-state index contributed by atoms with van der Waals surface area (Å²) in [5.41, 5.74) is 0. The summed E-state index contributed by atoms with van der Waals surface area (Å²) in [6.45, 7) is 1.55. The number of aryl methyl sites for hydroxylation is 1. The van der Waals surface area contributed by atoms with E-state index in [1.54, 1.807) is 0 Å². The van der Waals surface area contributed by atoms with Gasteiger partial charge in [-0.1, -0.05) is 0 Å². The lowest BCUT2D eigenvalue weighted by atomic mass is 9.86. The van der Waals surface area contributed by atoms with Crippen LogP contribution in [-0.2, 0) is 12.6 Å². The minimum absolute atomic E-state index is 0.0911. The van der Waals surface area contributed by atoms with E-state index in [0.717, 1.165) is 25.9 Å². The van der Waals surface area contributed by atoms with E-state index < -0.39 is 12.0 Å². The fraction of sp³-hybridized carbons (Fsp3) is 0.800. The Morgan fingerprint density at radius 1 is 1.24 bits per heavy atom. The first-order chi connectivity index (χ1) is 8.07. The van der Waals surface area contributed by atoms with Crippen molar-refractivity contribution >= 4 is 0 Å². The molecule has 2 aliphatic heterocycles. The fourth-order valence-electron chi connectivity index (χ4n) is 2.89. The number of alkyl halides is 3. The van der Waals surface area contributed by atoms with Gasteiger partial charge in [-0.15, -0.1) is 10.2 Å². The van der Waals surface area contributed by atoms with E-state index in [1.165, 1.54) is 4.57 Å². The SMILES string of the molecule is FC(F)(F)c1nnc2n1[C@H]1CCNC[C@H]1CC2. The smallest absolute Gasteiger partial charge is 0.316 e. The summed E-state index contributed by atoms with van der Waals surface area (Å²) in [5, 5.41) is 10.2. The maximum atomic E-state index is 12.8. The largest absolute Gasteiger partial charge is 0.451 e. The van der Waals surface area contributed by atoms with Crippen molar-refractivity contribution < 1.29 is 13.2 Å². The third-order valence-corrected chi connectivity index (χ3v) is 3.66. The summed E-state index contributed by atoms with van der Waals surface area (Å²) in [7, 11) is 0. The van der Waals surface area contributed by atoms with Crippen LogP contribution in [0, 0.1) is 5.92 Å². The van der Waals surface area contributed by atoms with Crippen molar-refractivity contribution in [3.8, 4) is 0 Å². The van der Waals surface area contributed by atoms with E-state index in [9.17, 15) is 13.2 Å². The lowest BCUT2D eigenvalue weighted by Gasteiger charge is -2.37. The molecular formula is C10H13F3N4. The molecule has 0 aliphatic carbocycles. The molecule has 7 heteroatoms. The fourth-order valence-corrected chi connectivity index (χ4v) is 2.89. The van der Waals surface area contributed by atoms with Crippen LogP contribution in [0.4, 0.5) is 13.2 Å². The number of aromatic nitrogens is 3. The van der Waals surface area contributed by atoms with E-state index in [4.69, 9.17) is 0 Å². The van der Waals surface area contributed by atoms with Crippen LogP contribution in [0.5, 0.6) is 0 Å². The summed E-state index contributed by atoms with van der Waals surface area (Å²) in [6.07, 6.45) is -2.20. The number of hydrogen-bond acceptors (Lipinski definition) is 3. The Morgan fingerprint density at radius 2 is 2.06 bits per heavy atom. The first-order valence-corrected chi connectivity index (χ1v) is 5.79. The van der Waals surface area contributed by atoms with Crippen LogP contribution in [0.1, 0.15) is 30.5 Å². The van der Waals surface area contributed by atoms with Crippen molar-refractivity contribution in [1.82, 2.24) is 20.1 Å². The van der Waals surface area contributed by atoms with Crippen LogP contribution in [-0.4, -0.2) is 27.9 Å². The Labute approximate surface area is 96.2 Å². The van der Waals surface area contributed by atoms with E-state index in [-0.39, 0.29) is 12.0 Å². The van der Waals surface area contributed by atoms with Gasteiger partial charge in [-0.25, -0.2) is 0 Å². The van der Waals surface area contributed by atoms with Crippen LogP contribution in [0.15, 0.2) is 0 Å². The lowest BCUT2D eigenvalue weighted by Crippen LogP contribution is -2.42. The van der Waals surface area contributed by atoms with E-state index >= 15 is 0 Å². The normalized spacial score (nSPS) is 28.6. The third kappa shape index (κ3) is 1.72. The molecule has 0 amide bonds. The summed E-state index contributed by atoms with van der Waals surface area (Å²) < 4.78 is 39.8. The first-order valence-electron chi connectivity index (χ1n) is 5.79. The maximum absolute atomic E-state index is 12.8. The molecule has 3 heterocycles.